The highest BCUT2D eigenvalue weighted by atomic mass is 19.3. The van der Waals surface area contributed by atoms with Crippen molar-refractivity contribution in [2.45, 2.75) is 31.7 Å². The second kappa shape index (κ2) is 10.1. The van der Waals surface area contributed by atoms with E-state index in [9.17, 15) is 18.4 Å². The van der Waals surface area contributed by atoms with Crippen LogP contribution in [0.5, 0.6) is 5.75 Å². The average molecular weight is 547 g/mol. The van der Waals surface area contributed by atoms with E-state index in [2.05, 4.69) is 27.2 Å². The molecule has 4 aromatic rings. The summed E-state index contributed by atoms with van der Waals surface area (Å²) in [5.41, 5.74) is 11.2. The number of halogens is 2. The van der Waals surface area contributed by atoms with Crippen LogP contribution < -0.4 is 21.1 Å². The molecule has 5 rings (SSSR count). The highest BCUT2D eigenvalue weighted by Crippen LogP contribution is 2.43. The minimum absolute atomic E-state index is 0.227. The molecule has 0 unspecified atom stereocenters. The molecule has 2 heterocycles. The Labute approximate surface area is 229 Å². The van der Waals surface area contributed by atoms with Crippen molar-refractivity contribution in [2.75, 3.05) is 18.2 Å². The summed E-state index contributed by atoms with van der Waals surface area (Å²) in [6.45, 7) is 5.29. The van der Waals surface area contributed by atoms with Crippen LogP contribution in [0.2, 0.25) is 0 Å². The lowest BCUT2D eigenvalue weighted by atomic mass is 9.88. The summed E-state index contributed by atoms with van der Waals surface area (Å²) in [5, 5.41) is 6.06. The van der Waals surface area contributed by atoms with Crippen molar-refractivity contribution >= 4 is 34.4 Å². The highest BCUT2D eigenvalue weighted by molar-refractivity contribution is 6.09. The minimum atomic E-state index is -2.74. The van der Waals surface area contributed by atoms with Crippen molar-refractivity contribution in [3.05, 3.63) is 66.5 Å². The largest absolute Gasteiger partial charge is 0.496 e. The van der Waals surface area contributed by atoms with Crippen molar-refractivity contribution in [3.8, 4) is 28.1 Å². The molecule has 40 heavy (non-hydrogen) atoms. The van der Waals surface area contributed by atoms with Gasteiger partial charge in [-0.25, -0.2) is 18.7 Å². The number of rotatable bonds is 7. The number of aryl methyl sites for hydroxylation is 1. The Bertz CT molecular complexity index is 1650. The number of fused-ring (bicyclic) bond motifs is 1. The van der Waals surface area contributed by atoms with Crippen molar-refractivity contribution in [3.63, 3.8) is 0 Å². The summed E-state index contributed by atoms with van der Waals surface area (Å²) < 4.78 is 34.0. The van der Waals surface area contributed by atoms with Gasteiger partial charge in [0.15, 0.2) is 0 Å². The van der Waals surface area contributed by atoms with Crippen LogP contribution in [-0.4, -0.2) is 45.4 Å². The number of amides is 2. The third-order valence-electron chi connectivity index (χ3n) is 6.96. The minimum Gasteiger partial charge on any atom is -0.496 e. The van der Waals surface area contributed by atoms with Gasteiger partial charge in [0.1, 0.15) is 23.5 Å². The number of nitrogens with one attached hydrogen (secondary N) is 2. The molecule has 1 aliphatic rings. The van der Waals surface area contributed by atoms with Gasteiger partial charge in [0.25, 0.3) is 17.7 Å². The van der Waals surface area contributed by atoms with Crippen molar-refractivity contribution in [1.29, 1.82) is 0 Å². The van der Waals surface area contributed by atoms with Crippen molar-refractivity contribution in [2.24, 2.45) is 7.05 Å². The fourth-order valence-electron chi connectivity index (χ4n) is 4.90. The highest BCUT2D eigenvalue weighted by Gasteiger charge is 2.46. The number of ether oxygens (including phenoxy) is 1. The number of nitrogens with two attached hydrogens (primary N) is 1. The number of nitrogens with zero attached hydrogens (tertiary/aromatic N) is 3. The fraction of sp³-hybridized carbons (Fsp3) is 0.241. The number of benzene rings is 2. The van der Waals surface area contributed by atoms with E-state index >= 15 is 0 Å². The van der Waals surface area contributed by atoms with Gasteiger partial charge >= 0.3 is 0 Å². The SMILES string of the molecule is C=C(C)C(=O)Nc1ccc(-c2c(-c3ccc(C(=O)NC4CC(F)(F)C4)c(OC)c3)c3c(N)ncnc3n2C)cc1. The Morgan fingerprint density at radius 3 is 2.42 bits per heavy atom. The molecule has 0 radical (unpaired) electrons. The van der Waals surface area contributed by atoms with Crippen LogP contribution in [0.1, 0.15) is 30.1 Å². The van der Waals surface area contributed by atoms with Crippen LogP contribution in [0, 0.1) is 0 Å². The molecule has 2 aromatic carbocycles. The summed E-state index contributed by atoms with van der Waals surface area (Å²) >= 11 is 0. The summed E-state index contributed by atoms with van der Waals surface area (Å²) in [4.78, 5) is 33.6. The van der Waals surface area contributed by atoms with E-state index in [4.69, 9.17) is 10.5 Å². The van der Waals surface area contributed by atoms with Gasteiger partial charge in [0.05, 0.1) is 23.8 Å². The topological polar surface area (TPSA) is 124 Å². The smallest absolute Gasteiger partial charge is 0.255 e. The molecule has 4 N–H and O–H groups in total. The molecule has 0 saturated heterocycles. The molecule has 0 spiro atoms. The first-order chi connectivity index (χ1) is 19.0. The maximum Gasteiger partial charge on any atom is 0.255 e. The van der Waals surface area contributed by atoms with Crippen LogP contribution in [0.4, 0.5) is 20.3 Å². The van der Waals surface area contributed by atoms with E-state index in [1.165, 1.54) is 13.4 Å². The number of alkyl halides is 2. The Kier molecular flexibility index (Phi) is 6.74. The summed E-state index contributed by atoms with van der Waals surface area (Å²) in [5.74, 6) is -2.95. The summed E-state index contributed by atoms with van der Waals surface area (Å²) in [6, 6.07) is 11.8. The lowest BCUT2D eigenvalue weighted by Gasteiger charge is -2.35. The standard InChI is InChI=1S/C29H28F2N6O3/c1-15(2)27(38)35-18-8-5-16(6-9-18)24-22(23-25(32)33-14-34-26(23)37(24)3)17-7-10-20(21(11-17)40-4)28(39)36-19-12-29(30,31)13-19/h5-11,14,19H,1,12-13H2,2-4H3,(H,35,38)(H,36,39)(H2,32,33,34). The van der Waals surface area contributed by atoms with Gasteiger partial charge in [-0.3, -0.25) is 9.59 Å². The number of carbonyl (C=O) groups is 2. The van der Waals surface area contributed by atoms with Gasteiger partial charge in [-0.05, 0) is 42.3 Å². The lowest BCUT2D eigenvalue weighted by Crippen LogP contribution is -2.50. The van der Waals surface area contributed by atoms with Gasteiger partial charge in [-0.2, -0.15) is 0 Å². The molecule has 206 valence electrons. The quantitative estimate of drug-likeness (QED) is 0.282. The van der Waals surface area contributed by atoms with Gasteiger partial charge in [0, 0.05) is 42.8 Å². The molecule has 1 saturated carbocycles. The normalized spacial score (nSPS) is 14.4. The second-order valence-electron chi connectivity index (χ2n) is 9.90. The first-order valence-electron chi connectivity index (χ1n) is 12.5. The molecule has 9 nitrogen and oxygen atoms in total. The van der Waals surface area contributed by atoms with Gasteiger partial charge in [-0.15, -0.1) is 0 Å². The zero-order chi connectivity index (χ0) is 28.8. The molecule has 1 fully saturated rings. The Morgan fingerprint density at radius 1 is 1.12 bits per heavy atom. The van der Waals surface area contributed by atoms with E-state index in [1.54, 1.807) is 37.3 Å². The Balaban J connectivity index is 1.58. The summed E-state index contributed by atoms with van der Waals surface area (Å²) in [6.07, 6.45) is 0.625. The van der Waals surface area contributed by atoms with Crippen molar-refractivity contribution < 1.29 is 23.1 Å². The van der Waals surface area contributed by atoms with Crippen LogP contribution >= 0.6 is 0 Å². The molecular weight excluding hydrogens is 518 g/mol. The van der Waals surface area contributed by atoms with Crippen LogP contribution in [0.15, 0.2) is 60.9 Å². The lowest BCUT2D eigenvalue weighted by molar-refractivity contribution is -0.112. The molecule has 11 heteroatoms. The molecule has 2 aromatic heterocycles. The number of hydrogen-bond donors (Lipinski definition) is 3. The Morgan fingerprint density at radius 2 is 1.80 bits per heavy atom. The van der Waals surface area contributed by atoms with E-state index in [1.807, 2.05) is 23.7 Å². The first-order valence-corrected chi connectivity index (χ1v) is 12.5. The predicted octanol–water partition coefficient (Wildman–Crippen LogP) is 4.94. The fourth-order valence-corrected chi connectivity index (χ4v) is 4.90. The second-order valence-corrected chi connectivity index (χ2v) is 9.90. The predicted molar refractivity (Wildman–Crippen MR) is 149 cm³/mol. The van der Waals surface area contributed by atoms with Crippen LogP contribution in [0.25, 0.3) is 33.4 Å². The molecular formula is C29H28F2N6O3. The summed E-state index contributed by atoms with van der Waals surface area (Å²) in [7, 11) is 3.30. The number of anilines is 2. The van der Waals surface area contributed by atoms with E-state index in [-0.39, 0.29) is 35.9 Å². The number of aromatic nitrogens is 3. The third-order valence-corrected chi connectivity index (χ3v) is 6.96. The van der Waals surface area contributed by atoms with E-state index in [0.717, 1.165) is 16.8 Å². The van der Waals surface area contributed by atoms with Crippen LogP contribution in [0.3, 0.4) is 0 Å². The van der Waals surface area contributed by atoms with E-state index in [0.29, 0.717) is 27.9 Å². The van der Waals surface area contributed by atoms with Crippen LogP contribution in [-0.2, 0) is 11.8 Å². The molecule has 2 amide bonds. The molecule has 0 bridgehead atoms. The zero-order valence-electron chi connectivity index (χ0n) is 22.2. The zero-order valence-corrected chi connectivity index (χ0v) is 22.2. The number of hydrogen-bond acceptors (Lipinski definition) is 6. The first kappa shape index (κ1) is 26.8. The Hall–Kier alpha value is -4.80. The van der Waals surface area contributed by atoms with Gasteiger partial charge in [-0.1, -0.05) is 24.8 Å². The van der Waals surface area contributed by atoms with Gasteiger partial charge < -0.3 is 25.7 Å². The molecule has 0 aliphatic heterocycles. The number of nitrogen functional groups attached to an aromatic ring is 1. The third kappa shape index (κ3) is 4.86. The monoisotopic (exact) mass is 546 g/mol. The maximum atomic E-state index is 13.3. The van der Waals surface area contributed by atoms with E-state index < -0.39 is 17.9 Å². The number of methoxy groups -OCH3 is 1. The average Bonchev–Trinajstić information content (AvgIpc) is 3.21. The molecule has 1 aliphatic carbocycles. The van der Waals surface area contributed by atoms with Gasteiger partial charge in [0.2, 0.25) is 0 Å². The number of carbonyl (C=O) groups excluding carboxylic acids is 2. The maximum absolute atomic E-state index is 13.3. The molecule has 0 atom stereocenters. The van der Waals surface area contributed by atoms with Crippen molar-refractivity contribution in [1.82, 2.24) is 19.9 Å².